The van der Waals surface area contributed by atoms with Gasteiger partial charge in [0.2, 0.25) is 0 Å². The molecule has 108 valence electrons. The molecule has 0 saturated carbocycles. The van der Waals surface area contributed by atoms with Crippen LogP contribution in [0.25, 0.3) is 0 Å². The van der Waals surface area contributed by atoms with E-state index in [0.717, 1.165) is 0 Å². The second kappa shape index (κ2) is 5.73. The molecular weight excluding hydrogens is 296 g/mol. The van der Waals surface area contributed by atoms with Gasteiger partial charge in [0.25, 0.3) is 0 Å². The van der Waals surface area contributed by atoms with Gasteiger partial charge in [-0.2, -0.15) is 5.26 Å². The topological polar surface area (TPSA) is 72.0 Å². The Bertz CT molecular complexity index is 704. The summed E-state index contributed by atoms with van der Waals surface area (Å²) in [6.07, 6.45) is -0.665. The number of nitriles is 1. The molecule has 0 radical (unpaired) electrons. The van der Waals surface area contributed by atoms with Crippen molar-refractivity contribution < 1.29 is 9.53 Å². The van der Waals surface area contributed by atoms with Crippen LogP contribution in [-0.2, 0) is 18.8 Å². The normalized spacial score (nSPS) is 10.8. The third-order valence-corrected chi connectivity index (χ3v) is 3.42. The summed E-state index contributed by atoms with van der Waals surface area (Å²) in [4.78, 5) is 11.8. The first-order valence-corrected chi connectivity index (χ1v) is 6.60. The van der Waals surface area contributed by atoms with Gasteiger partial charge in [-0.3, -0.25) is 5.32 Å². The second-order valence-electron chi connectivity index (χ2n) is 5.17. The molecule has 6 nitrogen and oxygen atoms in total. The van der Waals surface area contributed by atoms with E-state index >= 15 is 0 Å². The van der Waals surface area contributed by atoms with Gasteiger partial charge in [0.15, 0.2) is 4.77 Å². The van der Waals surface area contributed by atoms with Gasteiger partial charge >= 0.3 is 6.09 Å². The summed E-state index contributed by atoms with van der Waals surface area (Å²) in [6, 6.07) is 1.98. The van der Waals surface area contributed by atoms with E-state index in [9.17, 15) is 10.1 Å². The Labute approximate surface area is 127 Å². The van der Waals surface area contributed by atoms with Crippen LogP contribution in [-0.4, -0.2) is 20.8 Å². The number of hydrogen-bond acceptors (Lipinski definition) is 5. The van der Waals surface area contributed by atoms with E-state index in [4.69, 9.17) is 29.2 Å². The maximum Gasteiger partial charge on any atom is 0.413 e. The van der Waals surface area contributed by atoms with Gasteiger partial charge in [0, 0.05) is 14.1 Å². The highest BCUT2D eigenvalue weighted by Crippen LogP contribution is 2.18. The van der Waals surface area contributed by atoms with Gasteiger partial charge in [-0.25, -0.2) is 4.79 Å². The largest absolute Gasteiger partial charge is 0.444 e. The molecule has 0 aliphatic rings. The first-order valence-electron chi connectivity index (χ1n) is 5.78. The molecular formula is C12H16N4O2S2. The van der Waals surface area contributed by atoms with E-state index in [1.807, 2.05) is 6.07 Å². The number of carbonyl (C=O) groups excluding carboxylic acids is 1. The lowest BCUT2D eigenvalue weighted by atomic mass is 10.2. The minimum Gasteiger partial charge on any atom is -0.444 e. The number of hydrogen-bond donors (Lipinski definition) is 1. The van der Waals surface area contributed by atoms with E-state index in [2.05, 4.69) is 5.32 Å². The van der Waals surface area contributed by atoms with E-state index in [1.165, 1.54) is 9.13 Å². The monoisotopic (exact) mass is 312 g/mol. The first kappa shape index (κ1) is 16.3. The summed E-state index contributed by atoms with van der Waals surface area (Å²) in [5.41, 5.74) is -0.466. The Kier molecular flexibility index (Phi) is 4.68. The number of rotatable bonds is 1. The van der Waals surface area contributed by atoms with Crippen LogP contribution in [0.2, 0.25) is 0 Å². The number of nitrogens with zero attached hydrogens (tertiary/aromatic N) is 3. The van der Waals surface area contributed by atoms with Gasteiger partial charge in [0.1, 0.15) is 27.7 Å². The van der Waals surface area contributed by atoms with Crippen molar-refractivity contribution in [2.75, 3.05) is 5.32 Å². The van der Waals surface area contributed by atoms with Gasteiger partial charge in [-0.15, -0.1) is 0 Å². The highest BCUT2D eigenvalue weighted by molar-refractivity contribution is 7.72. The lowest BCUT2D eigenvalue weighted by molar-refractivity contribution is 0.0634. The number of aromatic nitrogens is 2. The van der Waals surface area contributed by atoms with E-state index in [-0.39, 0.29) is 16.0 Å². The molecule has 0 unspecified atom stereocenters. The van der Waals surface area contributed by atoms with Crippen LogP contribution >= 0.6 is 24.4 Å². The molecule has 20 heavy (non-hydrogen) atoms. The predicted molar refractivity (Wildman–Crippen MR) is 80.6 cm³/mol. The molecule has 0 aromatic carbocycles. The lowest BCUT2D eigenvalue weighted by Gasteiger charge is -2.21. The predicted octanol–water partition coefficient (Wildman–Crippen LogP) is 3.04. The maximum absolute atomic E-state index is 11.8. The molecule has 1 aromatic heterocycles. The number of ether oxygens (including phenoxy) is 1. The molecule has 0 aliphatic carbocycles. The first-order chi connectivity index (χ1) is 9.08. The standard InChI is InChI=1S/C12H16N4O2S2/c1-12(2,3)18-10(17)14-8-7(6-13)9(19)16(5)11(20)15(8)4/h1-5H3,(H,14,17). The van der Waals surface area contributed by atoms with Crippen LogP contribution in [0.15, 0.2) is 0 Å². The zero-order valence-corrected chi connectivity index (χ0v) is 13.6. The highest BCUT2D eigenvalue weighted by Gasteiger charge is 2.19. The summed E-state index contributed by atoms with van der Waals surface area (Å²) in [6.45, 7) is 5.25. The fourth-order valence-corrected chi connectivity index (χ4v) is 1.96. The molecule has 1 amide bonds. The quantitative estimate of drug-likeness (QED) is 0.807. The molecule has 1 rings (SSSR count). The molecule has 1 aromatic rings. The average molecular weight is 312 g/mol. The van der Waals surface area contributed by atoms with Gasteiger partial charge < -0.3 is 13.9 Å². The number of carbonyl (C=O) groups is 1. The van der Waals surface area contributed by atoms with E-state index in [0.29, 0.717) is 4.77 Å². The molecule has 8 heteroatoms. The summed E-state index contributed by atoms with van der Waals surface area (Å²) in [5, 5.41) is 11.7. The van der Waals surface area contributed by atoms with Crippen molar-refractivity contribution in [3.63, 3.8) is 0 Å². The maximum atomic E-state index is 11.8. The van der Waals surface area contributed by atoms with Crippen molar-refractivity contribution in [2.24, 2.45) is 14.1 Å². The molecule has 0 saturated heterocycles. The highest BCUT2D eigenvalue weighted by atomic mass is 32.1. The minimum absolute atomic E-state index is 0.171. The molecule has 0 spiro atoms. The van der Waals surface area contributed by atoms with Crippen LogP contribution in [0.1, 0.15) is 26.3 Å². The van der Waals surface area contributed by atoms with Crippen molar-refractivity contribution in [1.82, 2.24) is 9.13 Å². The summed E-state index contributed by atoms with van der Waals surface area (Å²) >= 11 is 10.4. The third-order valence-electron chi connectivity index (χ3n) is 2.40. The smallest absolute Gasteiger partial charge is 0.413 e. The molecule has 0 atom stereocenters. The summed E-state index contributed by atoms with van der Waals surface area (Å²) in [7, 11) is 3.31. The summed E-state index contributed by atoms with van der Waals surface area (Å²) in [5.74, 6) is 0.231. The molecule has 0 fully saturated rings. The Balaban J connectivity index is 3.34. The number of amides is 1. The van der Waals surface area contributed by atoms with Crippen LogP contribution in [0.4, 0.5) is 10.6 Å². The zero-order valence-electron chi connectivity index (χ0n) is 12.0. The van der Waals surface area contributed by atoms with Gasteiger partial charge in [0.05, 0.1) is 0 Å². The molecule has 0 aliphatic heterocycles. The SMILES string of the molecule is Cn1c(NC(=O)OC(C)(C)C)c(C#N)c(=S)n(C)c1=S. The fourth-order valence-electron chi connectivity index (χ4n) is 1.49. The number of anilines is 1. The van der Waals surface area contributed by atoms with Gasteiger partial charge in [-0.1, -0.05) is 12.2 Å². The average Bonchev–Trinajstić information content (AvgIpc) is 2.31. The second-order valence-corrected chi connectivity index (χ2v) is 5.92. The fraction of sp³-hybridized carbons (Fsp3) is 0.500. The Hall–Kier alpha value is -1.72. The van der Waals surface area contributed by atoms with Crippen LogP contribution in [0.5, 0.6) is 0 Å². The van der Waals surface area contributed by atoms with E-state index < -0.39 is 11.7 Å². The lowest BCUT2D eigenvalue weighted by Crippen LogP contribution is -2.29. The molecule has 1 heterocycles. The van der Waals surface area contributed by atoms with Crippen LogP contribution in [0, 0.1) is 20.7 Å². The van der Waals surface area contributed by atoms with Crippen molar-refractivity contribution in [3.8, 4) is 6.07 Å². The van der Waals surface area contributed by atoms with Crippen LogP contribution < -0.4 is 5.32 Å². The van der Waals surface area contributed by atoms with Crippen LogP contribution in [0.3, 0.4) is 0 Å². The zero-order chi connectivity index (χ0) is 15.7. The third kappa shape index (κ3) is 3.43. The van der Waals surface area contributed by atoms with Gasteiger partial charge in [-0.05, 0) is 33.0 Å². The minimum atomic E-state index is -0.665. The van der Waals surface area contributed by atoms with Crippen molar-refractivity contribution in [2.45, 2.75) is 26.4 Å². The number of nitrogens with one attached hydrogen (secondary N) is 1. The van der Waals surface area contributed by atoms with E-state index in [1.54, 1.807) is 34.9 Å². The molecule has 1 N–H and O–H groups in total. The summed E-state index contributed by atoms with van der Waals surface area (Å²) < 4.78 is 8.85. The Morgan fingerprint density at radius 1 is 1.30 bits per heavy atom. The Morgan fingerprint density at radius 2 is 1.85 bits per heavy atom. The Morgan fingerprint density at radius 3 is 2.30 bits per heavy atom. The van der Waals surface area contributed by atoms with Crippen molar-refractivity contribution in [3.05, 3.63) is 15.0 Å². The van der Waals surface area contributed by atoms with Crippen molar-refractivity contribution >= 4 is 36.3 Å². The van der Waals surface area contributed by atoms with Crippen molar-refractivity contribution in [1.29, 1.82) is 5.26 Å². The molecule has 0 bridgehead atoms.